The molecule has 7 heteroatoms. The van der Waals surface area contributed by atoms with Crippen LogP contribution in [0.1, 0.15) is 64.4 Å². The fourth-order valence-corrected chi connectivity index (χ4v) is 6.78. The fourth-order valence-electron chi connectivity index (χ4n) is 6.78. The third kappa shape index (κ3) is 4.72. The molecule has 1 N–H and O–H groups in total. The van der Waals surface area contributed by atoms with Crippen molar-refractivity contribution in [3.05, 3.63) is 35.9 Å². The summed E-state index contributed by atoms with van der Waals surface area (Å²) in [5.74, 6) is 1.23. The number of urea groups is 1. The minimum Gasteiger partial charge on any atom is -0.316 e. The standard InChI is InChI=1S/C29H42N4O3/c1-28(2,3)16-24(34)25(23-18-30-17-22(23)21-8-6-5-7-9-21)32-14-12-29(13-15-32)26(35)31(4)27(36)33(29)19-20-10-11-20/h5-9,20,22-23,25,30H,10-19H2,1-4H3/t22-,23-,25?/m1/s1. The van der Waals surface area contributed by atoms with Gasteiger partial charge in [-0.1, -0.05) is 51.1 Å². The van der Waals surface area contributed by atoms with Gasteiger partial charge in [0, 0.05) is 58.0 Å². The molecule has 3 amide bonds. The third-order valence-corrected chi connectivity index (χ3v) is 8.82. The first-order chi connectivity index (χ1) is 17.1. The second-order valence-electron chi connectivity index (χ2n) is 12.8. The minimum absolute atomic E-state index is 0.0601. The number of amides is 3. The molecule has 0 bridgehead atoms. The van der Waals surface area contributed by atoms with Gasteiger partial charge < -0.3 is 10.2 Å². The molecule has 3 atom stereocenters. The normalized spacial score (nSPS) is 27.8. The van der Waals surface area contributed by atoms with Gasteiger partial charge >= 0.3 is 6.03 Å². The highest BCUT2D eigenvalue weighted by atomic mass is 16.2. The lowest BCUT2D eigenvalue weighted by molar-refractivity contribution is -0.136. The number of nitrogens with zero attached hydrogens (tertiary/aromatic N) is 3. The average molecular weight is 495 g/mol. The summed E-state index contributed by atoms with van der Waals surface area (Å²) in [5.41, 5.74) is 0.455. The van der Waals surface area contributed by atoms with E-state index in [0.717, 1.165) is 25.9 Å². The van der Waals surface area contributed by atoms with Gasteiger partial charge in [0.1, 0.15) is 5.54 Å². The molecule has 1 saturated carbocycles. The van der Waals surface area contributed by atoms with Crippen LogP contribution in [0.25, 0.3) is 0 Å². The Balaban J connectivity index is 1.40. The van der Waals surface area contributed by atoms with Gasteiger partial charge in [0.05, 0.1) is 6.04 Å². The Hall–Kier alpha value is -2.25. The number of likely N-dealkylation sites (N-methyl/N-ethyl adjacent to an activating group) is 1. The zero-order valence-corrected chi connectivity index (χ0v) is 22.3. The summed E-state index contributed by atoms with van der Waals surface area (Å²) < 4.78 is 0. The van der Waals surface area contributed by atoms with Crippen LogP contribution >= 0.6 is 0 Å². The lowest BCUT2D eigenvalue weighted by Gasteiger charge is -2.46. The van der Waals surface area contributed by atoms with Crippen LogP contribution in [-0.4, -0.2) is 83.8 Å². The Morgan fingerprint density at radius 1 is 1.08 bits per heavy atom. The lowest BCUT2D eigenvalue weighted by Crippen LogP contribution is -2.60. The number of Topliss-reactive ketones (excluding diaryl/α,β-unsaturated/α-hetero) is 1. The van der Waals surface area contributed by atoms with Gasteiger partial charge in [0.15, 0.2) is 5.78 Å². The Bertz CT molecular complexity index is 992. The van der Waals surface area contributed by atoms with Crippen molar-refractivity contribution in [2.75, 3.05) is 39.8 Å². The largest absolute Gasteiger partial charge is 0.327 e. The topological polar surface area (TPSA) is 73.0 Å². The summed E-state index contributed by atoms with van der Waals surface area (Å²) in [6, 6.07) is 10.2. The highest BCUT2D eigenvalue weighted by molar-refractivity contribution is 6.06. The van der Waals surface area contributed by atoms with E-state index >= 15 is 0 Å². The van der Waals surface area contributed by atoms with Crippen LogP contribution in [0.5, 0.6) is 0 Å². The van der Waals surface area contributed by atoms with Crippen molar-refractivity contribution in [1.82, 2.24) is 20.0 Å². The molecule has 1 spiro atoms. The smallest absolute Gasteiger partial charge is 0.316 e. The lowest BCUT2D eigenvalue weighted by atomic mass is 9.76. The number of hydrogen-bond acceptors (Lipinski definition) is 5. The van der Waals surface area contributed by atoms with Crippen LogP contribution in [0.4, 0.5) is 4.79 Å². The molecule has 3 saturated heterocycles. The molecule has 196 valence electrons. The molecule has 5 rings (SSSR count). The number of piperidine rings is 1. The van der Waals surface area contributed by atoms with Gasteiger partial charge in [0.2, 0.25) is 0 Å². The van der Waals surface area contributed by atoms with E-state index in [9.17, 15) is 14.4 Å². The monoisotopic (exact) mass is 494 g/mol. The summed E-state index contributed by atoms with van der Waals surface area (Å²) in [5, 5.41) is 3.57. The summed E-state index contributed by atoms with van der Waals surface area (Å²) in [4.78, 5) is 45.8. The Morgan fingerprint density at radius 3 is 2.36 bits per heavy atom. The maximum Gasteiger partial charge on any atom is 0.327 e. The van der Waals surface area contributed by atoms with Gasteiger partial charge in [-0.15, -0.1) is 0 Å². The molecule has 7 nitrogen and oxygen atoms in total. The molecular formula is C29H42N4O3. The van der Waals surface area contributed by atoms with Crippen LogP contribution in [0.2, 0.25) is 0 Å². The summed E-state index contributed by atoms with van der Waals surface area (Å²) in [6.45, 7) is 10.1. The average Bonchev–Trinajstić information content (AvgIpc) is 3.52. The predicted molar refractivity (Wildman–Crippen MR) is 140 cm³/mol. The van der Waals surface area contributed by atoms with Crippen molar-refractivity contribution in [3.8, 4) is 0 Å². The van der Waals surface area contributed by atoms with Gasteiger partial charge in [0.25, 0.3) is 5.91 Å². The highest BCUT2D eigenvalue weighted by Gasteiger charge is 2.58. The van der Waals surface area contributed by atoms with Crippen LogP contribution in [0, 0.1) is 17.3 Å². The van der Waals surface area contributed by atoms with E-state index < -0.39 is 5.54 Å². The number of likely N-dealkylation sites (tertiary alicyclic amines) is 1. The minimum atomic E-state index is -0.741. The zero-order valence-electron chi connectivity index (χ0n) is 22.3. The molecule has 4 aliphatic rings. The predicted octanol–water partition coefficient (Wildman–Crippen LogP) is 3.50. The molecule has 1 unspecified atom stereocenters. The van der Waals surface area contributed by atoms with Gasteiger partial charge in [-0.05, 0) is 42.6 Å². The first kappa shape index (κ1) is 25.4. The number of carbonyl (C=O) groups excluding carboxylic acids is 3. The number of nitrogens with one attached hydrogen (secondary N) is 1. The van der Waals surface area contributed by atoms with Gasteiger partial charge in [-0.25, -0.2) is 4.79 Å². The summed E-state index contributed by atoms with van der Waals surface area (Å²) in [7, 11) is 1.62. The SMILES string of the molecule is CN1C(=O)N(CC2CC2)C2(CCN(C(C(=O)CC(C)(C)C)[C@@H]3CNC[C@@H]3c3ccccc3)CC2)C1=O. The first-order valence-corrected chi connectivity index (χ1v) is 13.7. The number of hydrogen-bond donors (Lipinski definition) is 1. The second kappa shape index (κ2) is 9.56. The molecule has 3 heterocycles. The van der Waals surface area contributed by atoms with Crippen LogP contribution in [0.15, 0.2) is 30.3 Å². The molecule has 1 aliphatic carbocycles. The second-order valence-corrected chi connectivity index (χ2v) is 12.8. The first-order valence-electron chi connectivity index (χ1n) is 13.7. The number of carbonyl (C=O) groups is 3. The van der Waals surface area contributed by atoms with Crippen LogP contribution < -0.4 is 5.32 Å². The molecule has 36 heavy (non-hydrogen) atoms. The summed E-state index contributed by atoms with van der Waals surface area (Å²) in [6.07, 6.45) is 4.02. The van der Waals surface area contributed by atoms with E-state index in [0.29, 0.717) is 50.6 Å². The number of ketones is 1. The van der Waals surface area contributed by atoms with E-state index in [2.05, 4.69) is 55.3 Å². The summed E-state index contributed by atoms with van der Waals surface area (Å²) >= 11 is 0. The van der Waals surface area contributed by atoms with E-state index in [4.69, 9.17) is 0 Å². The van der Waals surface area contributed by atoms with Crippen molar-refractivity contribution < 1.29 is 14.4 Å². The van der Waals surface area contributed by atoms with E-state index in [1.807, 2.05) is 11.0 Å². The molecule has 3 aliphatic heterocycles. The third-order valence-electron chi connectivity index (χ3n) is 8.82. The van der Waals surface area contributed by atoms with Crippen LogP contribution in [0.3, 0.4) is 0 Å². The van der Waals surface area contributed by atoms with Crippen molar-refractivity contribution in [3.63, 3.8) is 0 Å². The van der Waals surface area contributed by atoms with Crippen LogP contribution in [-0.2, 0) is 9.59 Å². The molecule has 1 aromatic carbocycles. The molecule has 4 fully saturated rings. The van der Waals surface area contributed by atoms with Gasteiger partial charge in [-0.3, -0.25) is 19.4 Å². The van der Waals surface area contributed by atoms with E-state index in [-0.39, 0.29) is 35.2 Å². The molecule has 0 radical (unpaired) electrons. The maximum atomic E-state index is 13.9. The van der Waals surface area contributed by atoms with Crippen molar-refractivity contribution in [2.45, 2.75) is 70.4 Å². The molecular weight excluding hydrogens is 452 g/mol. The Morgan fingerprint density at radius 2 is 1.75 bits per heavy atom. The van der Waals surface area contributed by atoms with E-state index in [1.165, 1.54) is 10.5 Å². The Labute approximate surface area is 215 Å². The van der Waals surface area contributed by atoms with E-state index in [1.54, 1.807) is 7.05 Å². The number of benzene rings is 1. The number of rotatable bonds is 7. The Kier molecular flexibility index (Phi) is 6.75. The fraction of sp³-hybridized carbons (Fsp3) is 0.690. The maximum absolute atomic E-state index is 13.9. The number of imide groups is 1. The van der Waals surface area contributed by atoms with Crippen molar-refractivity contribution in [1.29, 1.82) is 0 Å². The molecule has 1 aromatic rings. The zero-order chi connectivity index (χ0) is 25.7. The van der Waals surface area contributed by atoms with Crippen molar-refractivity contribution in [2.24, 2.45) is 17.3 Å². The molecule has 0 aromatic heterocycles. The highest BCUT2D eigenvalue weighted by Crippen LogP contribution is 2.43. The quantitative estimate of drug-likeness (QED) is 0.588. The van der Waals surface area contributed by atoms with Crippen molar-refractivity contribution >= 4 is 17.7 Å². The van der Waals surface area contributed by atoms with Gasteiger partial charge in [-0.2, -0.15) is 0 Å².